The van der Waals surface area contributed by atoms with Crippen LogP contribution in [-0.2, 0) is 13.1 Å². The summed E-state index contributed by atoms with van der Waals surface area (Å²) in [5.41, 5.74) is 5.58. The molecule has 0 bridgehead atoms. The lowest BCUT2D eigenvalue weighted by Crippen LogP contribution is -2.14. The molecule has 0 aliphatic carbocycles. The van der Waals surface area contributed by atoms with Gasteiger partial charge in [0.1, 0.15) is 0 Å². The van der Waals surface area contributed by atoms with Gasteiger partial charge in [-0.25, -0.2) is 4.98 Å². The molecular weight excluding hydrogens is 254 g/mol. The van der Waals surface area contributed by atoms with Crippen LogP contribution in [0.2, 0.25) is 0 Å². The van der Waals surface area contributed by atoms with E-state index in [0.717, 1.165) is 29.8 Å². The number of para-hydroxylation sites is 2. The van der Waals surface area contributed by atoms with Gasteiger partial charge in [-0.1, -0.05) is 12.1 Å². The normalized spacial score (nSPS) is 11.0. The number of nitrogens with one attached hydrogen (secondary N) is 1. The Morgan fingerprint density at radius 2 is 1.95 bits per heavy atom. The predicted octanol–water partition coefficient (Wildman–Crippen LogP) is 3.29. The Morgan fingerprint density at radius 3 is 2.74 bits per heavy atom. The van der Waals surface area contributed by atoms with Crippen molar-refractivity contribution in [3.05, 3.63) is 58.0 Å². The van der Waals surface area contributed by atoms with Crippen molar-refractivity contribution in [1.82, 2.24) is 15.3 Å². The quantitative estimate of drug-likeness (QED) is 0.789. The molecule has 3 aromatic rings. The van der Waals surface area contributed by atoms with Crippen LogP contribution in [0.25, 0.3) is 11.0 Å². The predicted molar refractivity (Wildman–Crippen MR) is 79.1 cm³/mol. The molecule has 0 saturated carbocycles. The molecule has 2 heterocycles. The zero-order chi connectivity index (χ0) is 13.1. The van der Waals surface area contributed by atoms with Gasteiger partial charge in [-0.15, -0.1) is 0 Å². The minimum atomic E-state index is 0.743. The lowest BCUT2D eigenvalue weighted by Gasteiger charge is -2.05. The maximum Gasteiger partial charge on any atom is 0.0890 e. The summed E-state index contributed by atoms with van der Waals surface area (Å²) in [7, 11) is 0. The number of thiophene rings is 1. The third kappa shape index (κ3) is 2.80. The van der Waals surface area contributed by atoms with E-state index in [0.29, 0.717) is 0 Å². The van der Waals surface area contributed by atoms with Crippen LogP contribution in [0.1, 0.15) is 16.8 Å². The van der Waals surface area contributed by atoms with Crippen LogP contribution in [-0.4, -0.2) is 9.97 Å². The molecule has 0 atom stereocenters. The highest BCUT2D eigenvalue weighted by Crippen LogP contribution is 2.13. The van der Waals surface area contributed by atoms with Gasteiger partial charge in [0.05, 0.1) is 22.9 Å². The number of hydrogen-bond acceptors (Lipinski definition) is 4. The highest BCUT2D eigenvalue weighted by molar-refractivity contribution is 7.08. The molecule has 0 unspecified atom stereocenters. The fourth-order valence-corrected chi connectivity index (χ4v) is 2.83. The molecule has 0 amide bonds. The number of fused-ring (bicyclic) bond motifs is 1. The Labute approximate surface area is 116 Å². The van der Waals surface area contributed by atoms with E-state index in [4.69, 9.17) is 0 Å². The summed E-state index contributed by atoms with van der Waals surface area (Å²) >= 11 is 1.75. The van der Waals surface area contributed by atoms with Crippen molar-refractivity contribution in [2.75, 3.05) is 0 Å². The molecule has 4 heteroatoms. The molecule has 2 aromatic heterocycles. The van der Waals surface area contributed by atoms with Gasteiger partial charge < -0.3 is 5.32 Å². The Hall–Kier alpha value is -1.78. The van der Waals surface area contributed by atoms with Crippen molar-refractivity contribution in [2.45, 2.75) is 20.0 Å². The molecule has 1 aromatic carbocycles. The SMILES string of the molecule is Cc1cscc1CNCc1cnc2ccccc2n1. The van der Waals surface area contributed by atoms with Gasteiger partial charge in [0, 0.05) is 13.1 Å². The highest BCUT2D eigenvalue weighted by Gasteiger charge is 2.01. The van der Waals surface area contributed by atoms with Crippen molar-refractivity contribution >= 4 is 22.4 Å². The first-order chi connectivity index (χ1) is 9.33. The van der Waals surface area contributed by atoms with Gasteiger partial charge in [0.2, 0.25) is 0 Å². The van der Waals surface area contributed by atoms with E-state index >= 15 is 0 Å². The van der Waals surface area contributed by atoms with Crippen LogP contribution < -0.4 is 5.32 Å². The lowest BCUT2D eigenvalue weighted by atomic mass is 10.2. The molecule has 0 radical (unpaired) electrons. The summed E-state index contributed by atoms with van der Waals surface area (Å²) in [6.07, 6.45) is 1.84. The van der Waals surface area contributed by atoms with Crippen molar-refractivity contribution in [1.29, 1.82) is 0 Å². The van der Waals surface area contributed by atoms with E-state index in [1.165, 1.54) is 11.1 Å². The van der Waals surface area contributed by atoms with E-state index in [2.05, 4.69) is 33.0 Å². The van der Waals surface area contributed by atoms with E-state index in [1.54, 1.807) is 11.3 Å². The maximum atomic E-state index is 4.59. The third-order valence-corrected chi connectivity index (χ3v) is 3.99. The second-order valence-electron chi connectivity index (χ2n) is 4.53. The van der Waals surface area contributed by atoms with Gasteiger partial charge in [-0.3, -0.25) is 4.98 Å². The first-order valence-electron chi connectivity index (χ1n) is 6.26. The van der Waals surface area contributed by atoms with Gasteiger partial charge in [-0.2, -0.15) is 11.3 Å². The van der Waals surface area contributed by atoms with E-state index in [1.807, 2.05) is 30.5 Å². The molecule has 0 spiro atoms. The molecular formula is C15H15N3S. The number of hydrogen-bond donors (Lipinski definition) is 1. The average Bonchev–Trinajstić information content (AvgIpc) is 2.84. The smallest absolute Gasteiger partial charge is 0.0890 e. The average molecular weight is 269 g/mol. The summed E-state index contributed by atoms with van der Waals surface area (Å²) in [4.78, 5) is 9.01. The summed E-state index contributed by atoms with van der Waals surface area (Å²) in [5.74, 6) is 0. The Bertz CT molecular complexity index is 690. The second-order valence-corrected chi connectivity index (χ2v) is 5.28. The zero-order valence-corrected chi connectivity index (χ0v) is 11.6. The monoisotopic (exact) mass is 269 g/mol. The van der Waals surface area contributed by atoms with Crippen LogP contribution in [0.3, 0.4) is 0 Å². The largest absolute Gasteiger partial charge is 0.307 e. The molecule has 0 aliphatic heterocycles. The van der Waals surface area contributed by atoms with Crippen LogP contribution in [0.4, 0.5) is 0 Å². The number of rotatable bonds is 4. The van der Waals surface area contributed by atoms with Gasteiger partial charge >= 0.3 is 0 Å². The molecule has 0 aliphatic rings. The molecule has 0 fully saturated rings. The minimum Gasteiger partial charge on any atom is -0.307 e. The minimum absolute atomic E-state index is 0.743. The Kier molecular flexibility index (Phi) is 3.53. The van der Waals surface area contributed by atoms with Crippen LogP contribution >= 0.6 is 11.3 Å². The standard InChI is InChI=1S/C15H15N3S/c1-11-9-19-10-12(11)6-16-7-13-8-17-14-4-2-3-5-15(14)18-13/h2-5,8-10,16H,6-7H2,1H3. The van der Waals surface area contributed by atoms with Crippen LogP contribution in [0, 0.1) is 6.92 Å². The van der Waals surface area contributed by atoms with Crippen molar-refractivity contribution in [3.8, 4) is 0 Å². The number of benzene rings is 1. The van der Waals surface area contributed by atoms with Gasteiger partial charge in [0.15, 0.2) is 0 Å². The summed E-state index contributed by atoms with van der Waals surface area (Å²) in [6.45, 7) is 3.76. The first-order valence-corrected chi connectivity index (χ1v) is 7.20. The Balaban J connectivity index is 1.67. The molecule has 0 saturated heterocycles. The van der Waals surface area contributed by atoms with Crippen LogP contribution in [0.5, 0.6) is 0 Å². The van der Waals surface area contributed by atoms with Crippen molar-refractivity contribution < 1.29 is 0 Å². The molecule has 3 rings (SSSR count). The molecule has 19 heavy (non-hydrogen) atoms. The van der Waals surface area contributed by atoms with E-state index in [-0.39, 0.29) is 0 Å². The Morgan fingerprint density at radius 1 is 1.11 bits per heavy atom. The van der Waals surface area contributed by atoms with Crippen LogP contribution in [0.15, 0.2) is 41.2 Å². The van der Waals surface area contributed by atoms with Gasteiger partial charge in [0.25, 0.3) is 0 Å². The second kappa shape index (κ2) is 5.47. The summed E-state index contributed by atoms with van der Waals surface area (Å²) in [5, 5.41) is 7.78. The highest BCUT2D eigenvalue weighted by atomic mass is 32.1. The fraction of sp³-hybridized carbons (Fsp3) is 0.200. The summed E-state index contributed by atoms with van der Waals surface area (Å²) in [6, 6.07) is 7.94. The molecule has 3 nitrogen and oxygen atoms in total. The number of nitrogens with zero attached hydrogens (tertiary/aromatic N) is 2. The third-order valence-electron chi connectivity index (χ3n) is 3.08. The fourth-order valence-electron chi connectivity index (χ4n) is 1.97. The molecule has 96 valence electrons. The van der Waals surface area contributed by atoms with E-state index in [9.17, 15) is 0 Å². The zero-order valence-electron chi connectivity index (χ0n) is 10.8. The number of aromatic nitrogens is 2. The topological polar surface area (TPSA) is 37.8 Å². The van der Waals surface area contributed by atoms with Crippen molar-refractivity contribution in [2.24, 2.45) is 0 Å². The van der Waals surface area contributed by atoms with Gasteiger partial charge in [-0.05, 0) is 40.9 Å². The first kappa shape index (κ1) is 12.3. The maximum absolute atomic E-state index is 4.59. The summed E-state index contributed by atoms with van der Waals surface area (Å²) < 4.78 is 0. The van der Waals surface area contributed by atoms with Crippen molar-refractivity contribution in [3.63, 3.8) is 0 Å². The van der Waals surface area contributed by atoms with E-state index < -0.39 is 0 Å². The molecule has 1 N–H and O–H groups in total. The lowest BCUT2D eigenvalue weighted by molar-refractivity contribution is 0.679. The number of aryl methyl sites for hydroxylation is 1.